The molecular weight excluding hydrogens is 480 g/mol. The highest BCUT2D eigenvalue weighted by Gasteiger charge is 2.24. The molecule has 0 bridgehead atoms. The number of thiocarbonyl (C=S) groups is 1. The Morgan fingerprint density at radius 3 is 2.35 bits per heavy atom. The summed E-state index contributed by atoms with van der Waals surface area (Å²) in [5, 5.41) is 10.0. The second-order valence-corrected chi connectivity index (χ2v) is 9.76. The summed E-state index contributed by atoms with van der Waals surface area (Å²) in [5.41, 5.74) is 7.06. The molecule has 0 aromatic rings. The predicted molar refractivity (Wildman–Crippen MR) is 160 cm³/mol. The minimum atomic E-state index is -0.315. The number of hydrogen-bond donors (Lipinski definition) is 4. The molecule has 1 rings (SSSR count). The summed E-state index contributed by atoms with van der Waals surface area (Å²) in [6, 6.07) is -0.149. The molecule has 37 heavy (non-hydrogen) atoms. The van der Waals surface area contributed by atoms with Crippen LogP contribution in [-0.2, 0) is 0 Å². The number of carbonyl (C=O) groups is 1. The first kappa shape index (κ1) is 32.0. The van der Waals surface area contributed by atoms with Crippen molar-refractivity contribution >= 4 is 23.2 Å². The second-order valence-electron chi connectivity index (χ2n) is 9.29. The molecule has 8 heteroatoms. The van der Waals surface area contributed by atoms with Gasteiger partial charge in [0.1, 0.15) is 16.9 Å². The highest BCUT2D eigenvalue weighted by atomic mass is 32.1. The van der Waals surface area contributed by atoms with Crippen LogP contribution in [0, 0.1) is 12.3 Å². The minimum absolute atomic E-state index is 0.115. The first-order valence-corrected chi connectivity index (χ1v) is 13.5. The van der Waals surface area contributed by atoms with Gasteiger partial charge in [0.2, 0.25) is 0 Å². The Hall–Kier alpha value is -3.02. The Labute approximate surface area is 230 Å². The van der Waals surface area contributed by atoms with Crippen molar-refractivity contribution in [1.82, 2.24) is 31.5 Å². The lowest BCUT2D eigenvalue weighted by Crippen LogP contribution is -2.53. The molecule has 1 saturated carbocycles. The zero-order valence-electron chi connectivity index (χ0n) is 23.1. The van der Waals surface area contributed by atoms with E-state index in [9.17, 15) is 4.79 Å². The van der Waals surface area contributed by atoms with E-state index in [0.29, 0.717) is 18.3 Å². The van der Waals surface area contributed by atoms with Crippen LogP contribution in [0.2, 0.25) is 0 Å². The van der Waals surface area contributed by atoms with E-state index in [1.807, 2.05) is 37.2 Å². The second kappa shape index (κ2) is 18.3. The van der Waals surface area contributed by atoms with Crippen LogP contribution in [0.15, 0.2) is 61.0 Å². The van der Waals surface area contributed by atoms with Gasteiger partial charge >= 0.3 is 6.03 Å². The molecule has 204 valence electrons. The molecule has 0 heterocycles. The third-order valence-electron chi connectivity index (χ3n) is 6.10. The van der Waals surface area contributed by atoms with Crippen LogP contribution in [0.4, 0.5) is 4.79 Å². The Balaban J connectivity index is 2.38. The number of likely N-dealkylation sites (N-methyl/N-ethyl adjacent to an activating group) is 1. The fraction of sp³-hybridized carbons (Fsp3) is 0.517. The summed E-state index contributed by atoms with van der Waals surface area (Å²) in [7, 11) is 3.68. The molecule has 0 aromatic heterocycles. The fourth-order valence-corrected chi connectivity index (χ4v) is 4.16. The fourth-order valence-electron chi connectivity index (χ4n) is 4.02. The van der Waals surface area contributed by atoms with Crippen molar-refractivity contribution in [2.75, 3.05) is 14.1 Å². The standard InChI is InChI=1S/C29H46N6OS/c1-8-11-13-14-16-18-28(37)35(7)32-24(5)30-25-19-21-26(22-20-25)31-29(36)33-34(6)27(10-3)23(4)17-15-12-9-2/h3,8,12,14-17,25-27,30,32H,1,5,9,11,13,18-22H2,2,4,6-7H3,(H2,31,33,36)/b15-12-,16-14-,23-17+/t25?,26?,27-/m0/s1. The number of urea groups is 1. The molecule has 7 nitrogen and oxygen atoms in total. The molecule has 4 N–H and O–H groups in total. The minimum Gasteiger partial charge on any atom is -0.368 e. The van der Waals surface area contributed by atoms with Crippen molar-refractivity contribution in [3.8, 4) is 12.3 Å². The predicted octanol–water partition coefficient (Wildman–Crippen LogP) is 5.10. The van der Waals surface area contributed by atoms with Gasteiger partial charge < -0.3 is 10.6 Å². The summed E-state index contributed by atoms with van der Waals surface area (Å²) in [6.45, 7) is 11.9. The quantitative estimate of drug-likeness (QED) is 0.0595. The maximum absolute atomic E-state index is 12.6. The summed E-state index contributed by atoms with van der Waals surface area (Å²) in [4.78, 5) is 13.4. The molecule has 0 aromatic carbocycles. The zero-order valence-corrected chi connectivity index (χ0v) is 23.9. The third-order valence-corrected chi connectivity index (χ3v) is 6.54. The summed E-state index contributed by atoms with van der Waals surface area (Å²) in [6.07, 6.45) is 25.1. The van der Waals surface area contributed by atoms with Gasteiger partial charge in [0.05, 0.1) is 0 Å². The highest BCUT2D eigenvalue weighted by molar-refractivity contribution is 7.80. The zero-order chi connectivity index (χ0) is 27.6. The lowest BCUT2D eigenvalue weighted by molar-refractivity contribution is 0.184. The van der Waals surface area contributed by atoms with Crippen molar-refractivity contribution in [2.45, 2.75) is 83.3 Å². The van der Waals surface area contributed by atoms with Gasteiger partial charge in [-0.25, -0.2) is 9.80 Å². The van der Waals surface area contributed by atoms with Crippen molar-refractivity contribution < 1.29 is 4.79 Å². The van der Waals surface area contributed by atoms with Gasteiger partial charge in [-0.15, -0.1) is 13.0 Å². The first-order valence-electron chi connectivity index (χ1n) is 13.1. The molecule has 0 unspecified atom stereocenters. The van der Waals surface area contributed by atoms with Crippen LogP contribution in [0.1, 0.15) is 65.2 Å². The molecule has 0 spiro atoms. The number of carbonyl (C=O) groups excluding carboxylic acids is 1. The summed E-state index contributed by atoms with van der Waals surface area (Å²) >= 11 is 5.48. The topological polar surface area (TPSA) is 71.7 Å². The monoisotopic (exact) mass is 526 g/mol. The largest absolute Gasteiger partial charge is 0.368 e. The number of nitrogens with one attached hydrogen (secondary N) is 4. The smallest absolute Gasteiger partial charge is 0.329 e. The van der Waals surface area contributed by atoms with Gasteiger partial charge in [0.15, 0.2) is 0 Å². The van der Waals surface area contributed by atoms with Crippen LogP contribution in [0.3, 0.4) is 0 Å². The molecular formula is C29H46N6OS. The number of unbranched alkanes of at least 4 members (excludes halogenated alkanes) is 1. The van der Waals surface area contributed by atoms with Gasteiger partial charge in [0.25, 0.3) is 0 Å². The van der Waals surface area contributed by atoms with Crippen molar-refractivity contribution in [2.24, 2.45) is 0 Å². The number of allylic oxidation sites excluding steroid dienone is 5. The SMILES string of the molecule is C#C[C@@H](/C(C)=C/C=C\CC)N(C)NC(=O)NC1CCC(NC(=C)NN(C)C(=S)C/C=C\CCC=C)CC1. The number of terminal acetylenes is 1. The lowest BCUT2D eigenvalue weighted by Gasteiger charge is -2.33. The van der Waals surface area contributed by atoms with E-state index >= 15 is 0 Å². The van der Waals surface area contributed by atoms with Gasteiger partial charge in [-0.1, -0.05) is 68.1 Å². The van der Waals surface area contributed by atoms with Crippen LogP contribution in [0.5, 0.6) is 0 Å². The Bertz CT molecular complexity index is 879. The van der Waals surface area contributed by atoms with E-state index in [1.165, 1.54) is 0 Å². The molecule has 0 aliphatic heterocycles. The number of hydrazine groups is 2. The molecule has 0 saturated heterocycles. The Kier molecular flexibility index (Phi) is 15.8. The Morgan fingerprint density at radius 1 is 1.11 bits per heavy atom. The lowest BCUT2D eigenvalue weighted by atomic mass is 9.91. The number of rotatable bonds is 15. The van der Waals surface area contributed by atoms with E-state index in [1.54, 1.807) is 12.1 Å². The average Bonchev–Trinajstić information content (AvgIpc) is 2.85. The molecule has 1 fully saturated rings. The van der Waals surface area contributed by atoms with Gasteiger partial charge in [-0.05, 0) is 57.4 Å². The number of hydrogen-bond acceptors (Lipinski definition) is 5. The number of amides is 2. The highest BCUT2D eigenvalue weighted by Crippen LogP contribution is 2.19. The van der Waals surface area contributed by atoms with Crippen LogP contribution >= 0.6 is 12.2 Å². The average molecular weight is 527 g/mol. The number of nitrogens with zero attached hydrogens (tertiary/aromatic N) is 2. The van der Waals surface area contributed by atoms with E-state index in [4.69, 9.17) is 18.6 Å². The van der Waals surface area contributed by atoms with Crippen molar-refractivity contribution in [3.05, 3.63) is 61.0 Å². The summed E-state index contributed by atoms with van der Waals surface area (Å²) in [5.74, 6) is 3.46. The van der Waals surface area contributed by atoms with Gasteiger partial charge in [-0.2, -0.15) is 0 Å². The first-order chi connectivity index (χ1) is 17.7. The third kappa shape index (κ3) is 13.2. The maximum Gasteiger partial charge on any atom is 0.329 e. The molecule has 1 atom stereocenters. The van der Waals surface area contributed by atoms with Crippen molar-refractivity contribution in [1.29, 1.82) is 0 Å². The molecule has 1 aliphatic rings. The molecule has 0 radical (unpaired) electrons. The molecule has 1 aliphatic carbocycles. The van der Waals surface area contributed by atoms with Crippen LogP contribution < -0.4 is 21.5 Å². The van der Waals surface area contributed by atoms with Crippen molar-refractivity contribution in [3.63, 3.8) is 0 Å². The van der Waals surface area contributed by atoms with E-state index in [-0.39, 0.29) is 18.1 Å². The summed E-state index contributed by atoms with van der Waals surface area (Å²) < 4.78 is 0. The maximum atomic E-state index is 12.6. The van der Waals surface area contributed by atoms with Crippen LogP contribution in [-0.4, -0.2) is 53.3 Å². The molecule has 2 amide bonds. The normalized spacial score (nSPS) is 18.8. The van der Waals surface area contributed by atoms with Gasteiger partial charge in [0, 0.05) is 32.6 Å². The van der Waals surface area contributed by atoms with E-state index in [2.05, 4.69) is 65.7 Å². The van der Waals surface area contributed by atoms with E-state index < -0.39 is 0 Å². The van der Waals surface area contributed by atoms with Crippen LogP contribution in [0.25, 0.3) is 0 Å². The Morgan fingerprint density at radius 2 is 1.76 bits per heavy atom. The van der Waals surface area contributed by atoms with Gasteiger partial charge in [-0.3, -0.25) is 15.9 Å². The van der Waals surface area contributed by atoms with E-state index in [0.717, 1.165) is 55.5 Å².